The molecule has 4 aromatic carbocycles. The molecule has 0 atom stereocenters. The number of ether oxygens (including phenoxy) is 2. The van der Waals surface area contributed by atoms with Crippen molar-refractivity contribution in [1.82, 2.24) is 5.32 Å². The second kappa shape index (κ2) is 10.8. The average molecular weight is 527 g/mol. The Kier molecular flexibility index (Phi) is 7.11. The van der Waals surface area contributed by atoms with Gasteiger partial charge >= 0.3 is 6.03 Å². The number of carbonyl (C=O) groups excluding carboxylic acids is 3. The molecule has 1 aliphatic rings. The van der Waals surface area contributed by atoms with Crippen molar-refractivity contribution in [1.29, 1.82) is 0 Å². The molecule has 1 saturated heterocycles. The van der Waals surface area contributed by atoms with E-state index in [1.54, 1.807) is 36.4 Å². The molecule has 4 amide bonds. The monoisotopic (exact) mass is 526 g/mol. The lowest BCUT2D eigenvalue weighted by Gasteiger charge is -2.26. The van der Waals surface area contributed by atoms with Crippen molar-refractivity contribution in [2.75, 3.05) is 11.5 Å². The van der Waals surface area contributed by atoms with Crippen LogP contribution in [0.1, 0.15) is 18.1 Å². The number of benzene rings is 4. The summed E-state index contributed by atoms with van der Waals surface area (Å²) >= 11 is 6.03. The van der Waals surface area contributed by atoms with E-state index in [2.05, 4.69) is 23.5 Å². The molecule has 38 heavy (non-hydrogen) atoms. The Morgan fingerprint density at radius 2 is 1.66 bits per heavy atom. The van der Waals surface area contributed by atoms with Crippen LogP contribution in [0.2, 0.25) is 5.02 Å². The zero-order chi connectivity index (χ0) is 26.6. The van der Waals surface area contributed by atoms with E-state index >= 15 is 0 Å². The zero-order valence-electron chi connectivity index (χ0n) is 20.4. The number of barbiturate groups is 1. The molecule has 0 aromatic heterocycles. The molecule has 190 valence electrons. The standard InChI is InChI=1S/C30H23ClN2O5/c1-2-37-27-16-19(13-14-26(27)38-18-21-9-5-8-20-7-3-4-12-24(20)21)15-25-28(34)32-30(36)33(29(25)35)23-11-6-10-22(31)17-23/h3-17H,2,18H2,1H3,(H,32,34,36)/b25-15+. The van der Waals surface area contributed by atoms with E-state index in [1.807, 2.05) is 31.2 Å². The van der Waals surface area contributed by atoms with Crippen LogP contribution in [0.3, 0.4) is 0 Å². The van der Waals surface area contributed by atoms with Crippen molar-refractivity contribution in [2.45, 2.75) is 13.5 Å². The zero-order valence-corrected chi connectivity index (χ0v) is 21.2. The van der Waals surface area contributed by atoms with E-state index in [0.717, 1.165) is 21.2 Å². The minimum Gasteiger partial charge on any atom is -0.490 e. The topological polar surface area (TPSA) is 84.9 Å². The van der Waals surface area contributed by atoms with Gasteiger partial charge in [0, 0.05) is 5.02 Å². The summed E-state index contributed by atoms with van der Waals surface area (Å²) in [5.74, 6) is -0.548. The summed E-state index contributed by atoms with van der Waals surface area (Å²) in [5.41, 5.74) is 1.62. The van der Waals surface area contributed by atoms with E-state index in [9.17, 15) is 14.4 Å². The summed E-state index contributed by atoms with van der Waals surface area (Å²) in [6.07, 6.45) is 1.42. The van der Waals surface area contributed by atoms with Crippen molar-refractivity contribution >= 4 is 52.0 Å². The number of urea groups is 1. The van der Waals surface area contributed by atoms with Crippen LogP contribution in [0.25, 0.3) is 16.8 Å². The highest BCUT2D eigenvalue weighted by molar-refractivity contribution is 6.39. The van der Waals surface area contributed by atoms with E-state index in [4.69, 9.17) is 21.1 Å². The number of hydrogen-bond donors (Lipinski definition) is 1. The Morgan fingerprint density at radius 1 is 0.868 bits per heavy atom. The Balaban J connectivity index is 1.42. The number of carbonyl (C=O) groups is 3. The van der Waals surface area contributed by atoms with Gasteiger partial charge in [0.1, 0.15) is 12.2 Å². The highest BCUT2D eigenvalue weighted by atomic mass is 35.5. The van der Waals surface area contributed by atoms with Crippen LogP contribution < -0.4 is 19.7 Å². The third-order valence-electron chi connectivity index (χ3n) is 6.01. The predicted molar refractivity (Wildman–Crippen MR) is 146 cm³/mol. The maximum Gasteiger partial charge on any atom is 0.335 e. The Morgan fingerprint density at radius 3 is 2.47 bits per heavy atom. The minimum absolute atomic E-state index is 0.198. The van der Waals surface area contributed by atoms with E-state index in [-0.39, 0.29) is 11.3 Å². The van der Waals surface area contributed by atoms with Gasteiger partial charge in [-0.1, -0.05) is 66.2 Å². The fourth-order valence-corrected chi connectivity index (χ4v) is 4.43. The molecule has 1 N–H and O–H groups in total. The lowest BCUT2D eigenvalue weighted by molar-refractivity contribution is -0.122. The minimum atomic E-state index is -0.841. The number of nitrogens with one attached hydrogen (secondary N) is 1. The van der Waals surface area contributed by atoms with Crippen LogP contribution in [0.15, 0.2) is 90.5 Å². The molecule has 0 aliphatic carbocycles. The lowest BCUT2D eigenvalue weighted by atomic mass is 10.1. The van der Waals surface area contributed by atoms with Gasteiger partial charge in [-0.25, -0.2) is 9.69 Å². The van der Waals surface area contributed by atoms with Gasteiger partial charge < -0.3 is 9.47 Å². The molecular formula is C30H23ClN2O5. The number of fused-ring (bicyclic) bond motifs is 1. The molecule has 0 spiro atoms. The summed E-state index contributed by atoms with van der Waals surface area (Å²) < 4.78 is 11.9. The number of halogens is 1. The van der Waals surface area contributed by atoms with E-state index in [0.29, 0.717) is 35.3 Å². The van der Waals surface area contributed by atoms with Gasteiger partial charge in [-0.3, -0.25) is 14.9 Å². The molecular weight excluding hydrogens is 504 g/mol. The van der Waals surface area contributed by atoms with Crippen molar-refractivity contribution < 1.29 is 23.9 Å². The van der Waals surface area contributed by atoms with Crippen LogP contribution in [0, 0.1) is 0 Å². The Bertz CT molecular complexity index is 1590. The number of hydrogen-bond acceptors (Lipinski definition) is 5. The van der Waals surface area contributed by atoms with Gasteiger partial charge in [-0.15, -0.1) is 0 Å². The highest BCUT2D eigenvalue weighted by Crippen LogP contribution is 2.32. The largest absolute Gasteiger partial charge is 0.490 e. The van der Waals surface area contributed by atoms with Gasteiger partial charge in [-0.2, -0.15) is 0 Å². The smallest absolute Gasteiger partial charge is 0.335 e. The molecule has 1 fully saturated rings. The first kappa shape index (κ1) is 25.0. The van der Waals surface area contributed by atoms with Crippen LogP contribution in [0.4, 0.5) is 10.5 Å². The summed E-state index contributed by atoms with van der Waals surface area (Å²) in [7, 11) is 0. The Labute approximate surface area is 224 Å². The van der Waals surface area contributed by atoms with Crippen LogP contribution in [-0.4, -0.2) is 24.5 Å². The van der Waals surface area contributed by atoms with Gasteiger partial charge in [-0.05, 0) is 65.2 Å². The molecule has 0 radical (unpaired) electrons. The fraction of sp³-hybridized carbons (Fsp3) is 0.100. The third-order valence-corrected chi connectivity index (χ3v) is 6.24. The van der Waals surface area contributed by atoms with Crippen molar-refractivity contribution in [3.05, 3.63) is 107 Å². The number of rotatable bonds is 7. The Hall–Kier alpha value is -4.62. The molecule has 7 nitrogen and oxygen atoms in total. The lowest BCUT2D eigenvalue weighted by Crippen LogP contribution is -2.54. The first-order valence-corrected chi connectivity index (χ1v) is 12.4. The SMILES string of the molecule is CCOc1cc(/C=C2\C(=O)NC(=O)N(c3cccc(Cl)c3)C2=O)ccc1OCc1cccc2ccccc12. The van der Waals surface area contributed by atoms with Gasteiger partial charge in [0.2, 0.25) is 0 Å². The maximum absolute atomic E-state index is 13.2. The van der Waals surface area contributed by atoms with Crippen molar-refractivity contribution in [3.8, 4) is 11.5 Å². The van der Waals surface area contributed by atoms with Crippen LogP contribution in [-0.2, 0) is 16.2 Å². The fourth-order valence-electron chi connectivity index (χ4n) is 4.25. The second-order valence-corrected chi connectivity index (χ2v) is 8.94. The van der Waals surface area contributed by atoms with Crippen molar-refractivity contribution in [2.24, 2.45) is 0 Å². The average Bonchev–Trinajstić information content (AvgIpc) is 2.91. The van der Waals surface area contributed by atoms with Gasteiger partial charge in [0.05, 0.1) is 12.3 Å². The molecule has 8 heteroatoms. The predicted octanol–water partition coefficient (Wildman–Crippen LogP) is 6.14. The first-order chi connectivity index (χ1) is 18.4. The van der Waals surface area contributed by atoms with Crippen molar-refractivity contribution in [3.63, 3.8) is 0 Å². The summed E-state index contributed by atoms with van der Waals surface area (Å²) in [6.45, 7) is 2.58. The van der Waals surface area contributed by atoms with Gasteiger partial charge in [0.15, 0.2) is 11.5 Å². The quantitative estimate of drug-likeness (QED) is 0.231. The molecule has 5 rings (SSSR count). The normalized spacial score (nSPS) is 14.6. The van der Waals surface area contributed by atoms with Crippen LogP contribution in [0.5, 0.6) is 11.5 Å². The number of nitrogens with zero attached hydrogens (tertiary/aromatic N) is 1. The maximum atomic E-state index is 13.2. The second-order valence-electron chi connectivity index (χ2n) is 8.50. The third kappa shape index (κ3) is 5.10. The van der Waals surface area contributed by atoms with E-state index in [1.165, 1.54) is 12.1 Å². The van der Waals surface area contributed by atoms with Gasteiger partial charge in [0.25, 0.3) is 11.8 Å². The summed E-state index contributed by atoms with van der Waals surface area (Å²) in [5, 5.41) is 4.80. The highest BCUT2D eigenvalue weighted by Gasteiger charge is 2.36. The number of imide groups is 2. The number of amides is 4. The molecule has 4 aromatic rings. The first-order valence-electron chi connectivity index (χ1n) is 12.0. The number of anilines is 1. The molecule has 1 aliphatic heterocycles. The molecule has 1 heterocycles. The van der Waals surface area contributed by atoms with E-state index < -0.39 is 17.8 Å². The summed E-state index contributed by atoms with van der Waals surface area (Å²) in [6, 6.07) is 24.7. The van der Waals surface area contributed by atoms with Crippen LogP contribution >= 0.6 is 11.6 Å². The summed E-state index contributed by atoms with van der Waals surface area (Å²) in [4.78, 5) is 39.1. The molecule has 0 saturated carbocycles. The molecule has 0 bridgehead atoms. The molecule has 0 unspecified atom stereocenters.